The molecule has 1 N–H and O–H groups in total. The Balaban J connectivity index is 1.84. The number of pyridine rings is 1. The summed E-state index contributed by atoms with van der Waals surface area (Å²) in [7, 11) is 1.82. The third-order valence-electron chi connectivity index (χ3n) is 3.39. The maximum atomic E-state index is 12.3. The van der Waals surface area contributed by atoms with Gasteiger partial charge in [0, 0.05) is 30.0 Å². The minimum Gasteiger partial charge on any atom is -0.320 e. The Morgan fingerprint density at radius 3 is 2.61 bits per heavy atom. The smallest absolute Gasteiger partial charge is 0.257 e. The Morgan fingerprint density at radius 2 is 1.91 bits per heavy atom. The molecule has 2 heterocycles. The molecule has 116 valence electrons. The van der Waals surface area contributed by atoms with E-state index in [0.29, 0.717) is 22.2 Å². The van der Waals surface area contributed by atoms with Crippen molar-refractivity contribution in [3.63, 3.8) is 0 Å². The van der Waals surface area contributed by atoms with Crippen molar-refractivity contribution in [1.29, 1.82) is 0 Å². The summed E-state index contributed by atoms with van der Waals surface area (Å²) in [5.41, 5.74) is 3.11. The fraction of sp³-hybridized carbons (Fsp3) is 0.118. The highest BCUT2D eigenvalue weighted by Gasteiger charge is 2.12. The number of rotatable bonds is 3. The third kappa shape index (κ3) is 3.40. The topological polar surface area (TPSA) is 59.8 Å². The van der Waals surface area contributed by atoms with Crippen LogP contribution >= 0.6 is 11.6 Å². The van der Waals surface area contributed by atoms with Gasteiger partial charge in [-0.3, -0.25) is 15.1 Å². The number of benzene rings is 1. The van der Waals surface area contributed by atoms with Crippen molar-refractivity contribution in [1.82, 2.24) is 14.5 Å². The lowest BCUT2D eigenvalue weighted by atomic mass is 10.2. The lowest BCUT2D eigenvalue weighted by Crippen LogP contribution is -2.14. The summed E-state index contributed by atoms with van der Waals surface area (Å²) < 4.78 is 1.76. The number of aromatic nitrogens is 3. The van der Waals surface area contributed by atoms with Crippen molar-refractivity contribution in [3.05, 3.63) is 64.9 Å². The highest BCUT2D eigenvalue weighted by atomic mass is 35.5. The van der Waals surface area contributed by atoms with Crippen LogP contribution in [0.4, 0.5) is 5.95 Å². The molecule has 5 nitrogen and oxygen atoms in total. The number of imidazole rings is 1. The van der Waals surface area contributed by atoms with Gasteiger partial charge in [0.25, 0.3) is 5.91 Å². The molecule has 0 saturated carbocycles. The predicted octanol–water partition coefficient (Wildman–Crippen LogP) is 3.70. The molecule has 3 rings (SSSR count). The maximum Gasteiger partial charge on any atom is 0.257 e. The molecule has 1 amide bonds. The zero-order chi connectivity index (χ0) is 16.4. The second-order valence-electron chi connectivity index (χ2n) is 5.24. The van der Waals surface area contributed by atoms with E-state index in [1.165, 1.54) is 0 Å². The van der Waals surface area contributed by atoms with Gasteiger partial charge < -0.3 is 4.57 Å². The first-order valence-corrected chi connectivity index (χ1v) is 7.44. The molecular formula is C17H15ClN4O. The van der Waals surface area contributed by atoms with Crippen molar-refractivity contribution in [2.75, 3.05) is 5.32 Å². The molecule has 0 fully saturated rings. The highest BCUT2D eigenvalue weighted by Crippen LogP contribution is 2.19. The van der Waals surface area contributed by atoms with Gasteiger partial charge in [-0.25, -0.2) is 4.98 Å². The molecular weight excluding hydrogens is 312 g/mol. The first kappa shape index (κ1) is 15.2. The van der Waals surface area contributed by atoms with Gasteiger partial charge in [-0.05, 0) is 48.9 Å². The van der Waals surface area contributed by atoms with E-state index >= 15 is 0 Å². The monoisotopic (exact) mass is 326 g/mol. The Kier molecular flexibility index (Phi) is 4.12. The second kappa shape index (κ2) is 6.22. The molecule has 0 aliphatic heterocycles. The fourth-order valence-corrected chi connectivity index (χ4v) is 2.28. The number of halogens is 1. The van der Waals surface area contributed by atoms with Crippen molar-refractivity contribution < 1.29 is 4.79 Å². The number of nitrogens with zero attached hydrogens (tertiary/aromatic N) is 3. The summed E-state index contributed by atoms with van der Waals surface area (Å²) in [4.78, 5) is 21.0. The first-order valence-electron chi connectivity index (χ1n) is 7.06. The molecule has 3 aromatic rings. The van der Waals surface area contributed by atoms with E-state index in [0.717, 1.165) is 11.3 Å². The number of carbonyl (C=O) groups excluding carboxylic acids is 1. The van der Waals surface area contributed by atoms with E-state index in [2.05, 4.69) is 15.3 Å². The van der Waals surface area contributed by atoms with Gasteiger partial charge in [-0.1, -0.05) is 11.6 Å². The van der Waals surface area contributed by atoms with Crippen LogP contribution in [0.1, 0.15) is 15.9 Å². The summed E-state index contributed by atoms with van der Waals surface area (Å²) in [5, 5.41) is 3.38. The van der Waals surface area contributed by atoms with E-state index in [1.807, 2.05) is 32.3 Å². The SMILES string of the molecule is Cc1ccnc(-c2cn(C)c(NC(=O)c3ccc(Cl)cc3)n2)c1. The van der Waals surface area contributed by atoms with E-state index in [-0.39, 0.29) is 5.91 Å². The first-order chi connectivity index (χ1) is 11.0. The largest absolute Gasteiger partial charge is 0.320 e. The molecule has 23 heavy (non-hydrogen) atoms. The lowest BCUT2D eigenvalue weighted by molar-refractivity contribution is 0.102. The van der Waals surface area contributed by atoms with Gasteiger partial charge in [0.1, 0.15) is 5.69 Å². The van der Waals surface area contributed by atoms with E-state index in [9.17, 15) is 4.79 Å². The third-order valence-corrected chi connectivity index (χ3v) is 3.64. The van der Waals surface area contributed by atoms with Crippen molar-refractivity contribution in [2.24, 2.45) is 7.05 Å². The molecule has 1 aromatic carbocycles. The second-order valence-corrected chi connectivity index (χ2v) is 5.68. The Morgan fingerprint density at radius 1 is 1.17 bits per heavy atom. The van der Waals surface area contributed by atoms with Gasteiger partial charge in [-0.2, -0.15) is 0 Å². The van der Waals surface area contributed by atoms with Crippen LogP contribution in [0.3, 0.4) is 0 Å². The molecule has 2 aromatic heterocycles. The van der Waals surface area contributed by atoms with Crippen molar-refractivity contribution >= 4 is 23.5 Å². The van der Waals surface area contributed by atoms with Crippen LogP contribution in [0.2, 0.25) is 5.02 Å². The normalized spacial score (nSPS) is 10.6. The van der Waals surface area contributed by atoms with Crippen LogP contribution < -0.4 is 5.32 Å². The van der Waals surface area contributed by atoms with Gasteiger partial charge >= 0.3 is 0 Å². The zero-order valence-electron chi connectivity index (χ0n) is 12.7. The molecule has 0 saturated heterocycles. The van der Waals surface area contributed by atoms with E-state index in [1.54, 1.807) is 35.0 Å². The molecule has 0 atom stereocenters. The van der Waals surface area contributed by atoms with Gasteiger partial charge in [0.15, 0.2) is 0 Å². The summed E-state index contributed by atoms with van der Waals surface area (Å²) in [6, 6.07) is 10.6. The van der Waals surface area contributed by atoms with Crippen molar-refractivity contribution in [3.8, 4) is 11.4 Å². The minimum atomic E-state index is -0.237. The van der Waals surface area contributed by atoms with Crippen molar-refractivity contribution in [2.45, 2.75) is 6.92 Å². The summed E-state index contributed by atoms with van der Waals surface area (Å²) in [6.45, 7) is 2.00. The standard InChI is InChI=1S/C17H15ClN4O/c1-11-7-8-19-14(9-11)15-10-22(2)17(20-15)21-16(23)12-3-5-13(18)6-4-12/h3-10H,1-2H3,(H,20,21,23). The highest BCUT2D eigenvalue weighted by molar-refractivity contribution is 6.30. The average Bonchev–Trinajstić information content (AvgIpc) is 2.89. The van der Waals surface area contributed by atoms with Crippen LogP contribution in [0.5, 0.6) is 0 Å². The number of aryl methyl sites for hydroxylation is 2. The zero-order valence-corrected chi connectivity index (χ0v) is 13.5. The Bertz CT molecular complexity index is 855. The van der Waals surface area contributed by atoms with Crippen LogP contribution in [0, 0.1) is 6.92 Å². The molecule has 0 bridgehead atoms. The number of hydrogen-bond donors (Lipinski definition) is 1. The van der Waals surface area contributed by atoms with Gasteiger partial charge in [-0.15, -0.1) is 0 Å². The number of carbonyl (C=O) groups is 1. The predicted molar refractivity (Wildman–Crippen MR) is 90.6 cm³/mol. The van der Waals surface area contributed by atoms with Crippen LogP contribution in [0.25, 0.3) is 11.4 Å². The molecule has 0 aliphatic rings. The maximum absolute atomic E-state index is 12.3. The Hall–Kier alpha value is -2.66. The minimum absolute atomic E-state index is 0.237. The quantitative estimate of drug-likeness (QED) is 0.798. The van der Waals surface area contributed by atoms with Gasteiger partial charge in [0.05, 0.1) is 5.69 Å². The molecule has 6 heteroatoms. The van der Waals surface area contributed by atoms with E-state index in [4.69, 9.17) is 11.6 Å². The molecule has 0 spiro atoms. The number of hydrogen-bond acceptors (Lipinski definition) is 3. The van der Waals surface area contributed by atoms with Crippen LogP contribution in [0.15, 0.2) is 48.8 Å². The summed E-state index contributed by atoms with van der Waals surface area (Å²) in [6.07, 6.45) is 3.57. The Labute approximate surface area is 139 Å². The van der Waals surface area contributed by atoms with Crippen LogP contribution in [-0.4, -0.2) is 20.4 Å². The summed E-state index contributed by atoms with van der Waals surface area (Å²) in [5.74, 6) is 0.224. The molecule has 0 radical (unpaired) electrons. The van der Waals surface area contributed by atoms with Gasteiger partial charge in [0.2, 0.25) is 5.95 Å². The van der Waals surface area contributed by atoms with Crippen LogP contribution in [-0.2, 0) is 7.05 Å². The fourth-order valence-electron chi connectivity index (χ4n) is 2.16. The average molecular weight is 327 g/mol. The number of anilines is 1. The molecule has 0 aliphatic carbocycles. The number of nitrogens with one attached hydrogen (secondary N) is 1. The number of amides is 1. The summed E-state index contributed by atoms with van der Waals surface area (Å²) >= 11 is 5.83. The molecule has 0 unspecified atom stereocenters. The lowest BCUT2D eigenvalue weighted by Gasteiger charge is -2.04. The van der Waals surface area contributed by atoms with E-state index < -0.39 is 0 Å².